The van der Waals surface area contributed by atoms with E-state index in [2.05, 4.69) is 46.7 Å². The number of imide groups is 2. The topological polar surface area (TPSA) is 166 Å². The van der Waals surface area contributed by atoms with Crippen LogP contribution in [0.1, 0.15) is 82.9 Å². The molecule has 3 heterocycles. The highest BCUT2D eigenvalue weighted by Crippen LogP contribution is 2.35. The smallest absolute Gasteiger partial charge is 0.407 e. The van der Waals surface area contributed by atoms with Gasteiger partial charge in [0.1, 0.15) is 11.5 Å². The van der Waals surface area contributed by atoms with Crippen molar-refractivity contribution in [3.63, 3.8) is 0 Å². The SMILES string of the molecule is CCC(=C(c1ccc(O)cc1)c1ccc(OCCCCCN2CCN(C(=O)O)C(C3CCC(=O)NC3=O)C2)cc1)c1ccccc1.O=C1NC(=O)c2ccccc21. The van der Waals surface area contributed by atoms with Crippen LogP contribution in [0.4, 0.5) is 4.79 Å². The number of unbranched alkanes of at least 4 members (excludes halogenated alkanes) is 2. The van der Waals surface area contributed by atoms with Crippen LogP contribution in [-0.4, -0.2) is 88.6 Å². The van der Waals surface area contributed by atoms with E-state index in [1.165, 1.54) is 16.0 Å². The zero-order chi connectivity index (χ0) is 40.3. The van der Waals surface area contributed by atoms with Gasteiger partial charge in [-0.25, -0.2) is 4.79 Å². The molecule has 2 atom stereocenters. The third kappa shape index (κ3) is 10.1. The van der Waals surface area contributed by atoms with Crippen LogP contribution in [0.2, 0.25) is 0 Å². The Kier molecular flexibility index (Phi) is 13.5. The lowest BCUT2D eigenvalue weighted by Gasteiger charge is -2.43. The molecule has 4 aromatic carbocycles. The molecule has 3 aliphatic heterocycles. The molecule has 4 aromatic rings. The van der Waals surface area contributed by atoms with Crippen molar-refractivity contribution in [2.24, 2.45) is 5.92 Å². The van der Waals surface area contributed by atoms with Crippen molar-refractivity contribution in [3.8, 4) is 11.5 Å². The number of nitrogens with one attached hydrogen (secondary N) is 2. The highest BCUT2D eigenvalue weighted by Gasteiger charge is 2.41. The Morgan fingerprint density at radius 1 is 0.754 bits per heavy atom. The summed E-state index contributed by atoms with van der Waals surface area (Å²) in [6, 6.07) is 32.2. The molecule has 5 amide bonds. The molecule has 296 valence electrons. The number of carboxylic acid groups (broad SMARTS) is 1. The van der Waals surface area contributed by atoms with Gasteiger partial charge in [-0.2, -0.15) is 0 Å². The molecular formula is C45H48N4O8. The zero-order valence-electron chi connectivity index (χ0n) is 32.0. The van der Waals surface area contributed by atoms with Gasteiger partial charge in [-0.05, 0) is 103 Å². The summed E-state index contributed by atoms with van der Waals surface area (Å²) < 4.78 is 6.08. The van der Waals surface area contributed by atoms with Gasteiger partial charge in [0.15, 0.2) is 0 Å². The van der Waals surface area contributed by atoms with Crippen molar-refractivity contribution >= 4 is 40.9 Å². The molecule has 12 nitrogen and oxygen atoms in total. The Morgan fingerprint density at radius 3 is 2.00 bits per heavy atom. The number of hydrogen-bond donors (Lipinski definition) is 4. The fraction of sp³-hybridized carbons (Fsp3) is 0.311. The van der Waals surface area contributed by atoms with Crippen LogP contribution in [0.25, 0.3) is 11.1 Å². The van der Waals surface area contributed by atoms with Gasteiger partial charge in [-0.15, -0.1) is 0 Å². The maximum absolute atomic E-state index is 12.5. The number of ether oxygens (including phenoxy) is 1. The predicted octanol–water partition coefficient (Wildman–Crippen LogP) is 6.60. The number of piperidine rings is 1. The number of benzene rings is 4. The summed E-state index contributed by atoms with van der Waals surface area (Å²) in [5.74, 6) is -0.718. The summed E-state index contributed by atoms with van der Waals surface area (Å²) in [5, 5.41) is 24.2. The largest absolute Gasteiger partial charge is 0.508 e. The number of hydrogen-bond acceptors (Lipinski definition) is 8. The molecule has 0 saturated carbocycles. The lowest BCUT2D eigenvalue weighted by Crippen LogP contribution is -2.61. The Morgan fingerprint density at radius 2 is 1.39 bits per heavy atom. The van der Waals surface area contributed by atoms with Crippen LogP contribution in [0.15, 0.2) is 103 Å². The summed E-state index contributed by atoms with van der Waals surface area (Å²) in [5.41, 5.74) is 6.59. The summed E-state index contributed by atoms with van der Waals surface area (Å²) in [4.78, 5) is 61.4. The van der Waals surface area contributed by atoms with Crippen molar-refractivity contribution < 1.29 is 38.9 Å². The lowest BCUT2D eigenvalue weighted by molar-refractivity contribution is -0.138. The molecule has 2 saturated heterocycles. The number of aromatic hydroxyl groups is 1. The van der Waals surface area contributed by atoms with Gasteiger partial charge < -0.3 is 19.8 Å². The molecule has 0 aromatic heterocycles. The van der Waals surface area contributed by atoms with E-state index in [1.54, 1.807) is 36.4 Å². The summed E-state index contributed by atoms with van der Waals surface area (Å²) >= 11 is 0. The van der Waals surface area contributed by atoms with Gasteiger partial charge in [0.25, 0.3) is 11.8 Å². The second-order valence-electron chi connectivity index (χ2n) is 14.3. The standard InChI is InChI=1S/C37H43N3O6.C8H5NO2/c1-2-31(26-9-5-3-6-10-26)35(27-11-15-29(41)16-12-27)28-13-17-30(18-14-28)46-24-8-4-7-21-39-22-23-40(37(44)45)33(25-39)32-19-20-34(42)38-36(32)43;10-7-5-3-1-2-4-6(5)8(11)9-7/h3,5-6,9-18,32-33,41H,2,4,7-8,19-25H2,1H3,(H,44,45)(H,38,42,43);1-4H,(H,9,10,11). The average molecular weight is 773 g/mol. The van der Waals surface area contributed by atoms with Crippen molar-refractivity contribution in [1.29, 1.82) is 0 Å². The molecule has 57 heavy (non-hydrogen) atoms. The molecule has 2 fully saturated rings. The van der Waals surface area contributed by atoms with Gasteiger partial charge in [0.2, 0.25) is 11.8 Å². The Labute approximate surface area is 332 Å². The van der Waals surface area contributed by atoms with Crippen LogP contribution in [0.5, 0.6) is 11.5 Å². The Bertz CT molecular complexity index is 2070. The Hall–Kier alpha value is -6.27. The second-order valence-corrected chi connectivity index (χ2v) is 14.3. The number of carbonyl (C=O) groups is 5. The first-order chi connectivity index (χ1) is 27.6. The summed E-state index contributed by atoms with van der Waals surface area (Å²) in [7, 11) is 0. The number of phenols is 1. The zero-order valence-corrected chi connectivity index (χ0v) is 32.0. The molecule has 0 radical (unpaired) electrons. The number of piperazine rings is 1. The summed E-state index contributed by atoms with van der Waals surface area (Å²) in [6.07, 6.45) is 3.25. The van der Waals surface area contributed by atoms with Gasteiger partial charge in [-0.3, -0.25) is 34.7 Å². The van der Waals surface area contributed by atoms with Crippen molar-refractivity contribution in [2.75, 3.05) is 32.8 Å². The van der Waals surface area contributed by atoms with E-state index in [4.69, 9.17) is 4.74 Å². The quantitative estimate of drug-likeness (QED) is 0.0706. The van der Waals surface area contributed by atoms with Gasteiger partial charge in [0, 0.05) is 26.1 Å². The molecule has 0 aliphatic carbocycles. The molecule has 3 aliphatic rings. The number of amides is 5. The maximum atomic E-state index is 12.5. The highest BCUT2D eigenvalue weighted by atomic mass is 16.5. The fourth-order valence-electron chi connectivity index (χ4n) is 7.68. The van der Waals surface area contributed by atoms with Crippen LogP contribution in [0, 0.1) is 5.92 Å². The van der Waals surface area contributed by atoms with E-state index in [0.717, 1.165) is 54.7 Å². The minimum Gasteiger partial charge on any atom is -0.508 e. The third-order valence-corrected chi connectivity index (χ3v) is 10.6. The monoisotopic (exact) mass is 772 g/mol. The normalized spacial score (nSPS) is 18.4. The van der Waals surface area contributed by atoms with E-state index in [1.807, 2.05) is 42.5 Å². The molecule has 2 unspecified atom stereocenters. The predicted molar refractivity (Wildman–Crippen MR) is 216 cm³/mol. The first kappa shape index (κ1) is 40.4. The minimum absolute atomic E-state index is 0.238. The molecule has 0 spiro atoms. The fourth-order valence-corrected chi connectivity index (χ4v) is 7.68. The van der Waals surface area contributed by atoms with Crippen molar-refractivity contribution in [2.45, 2.75) is 51.5 Å². The number of rotatable bonds is 12. The maximum Gasteiger partial charge on any atom is 0.407 e. The lowest BCUT2D eigenvalue weighted by atomic mass is 9.88. The first-order valence-electron chi connectivity index (χ1n) is 19.4. The summed E-state index contributed by atoms with van der Waals surface area (Å²) in [6.45, 7) is 5.05. The van der Waals surface area contributed by atoms with Crippen LogP contribution in [-0.2, 0) is 9.59 Å². The van der Waals surface area contributed by atoms with Crippen LogP contribution < -0.4 is 15.4 Å². The van der Waals surface area contributed by atoms with E-state index in [9.17, 15) is 34.2 Å². The molecule has 4 N–H and O–H groups in total. The number of fused-ring (bicyclic) bond motifs is 1. The first-order valence-corrected chi connectivity index (χ1v) is 19.4. The number of phenolic OH excluding ortho intramolecular Hbond substituents is 1. The van der Waals surface area contributed by atoms with E-state index < -0.39 is 18.1 Å². The minimum atomic E-state index is -1.02. The van der Waals surface area contributed by atoms with Gasteiger partial charge in [0.05, 0.1) is 29.7 Å². The highest BCUT2D eigenvalue weighted by molar-refractivity contribution is 6.21. The average Bonchev–Trinajstić information content (AvgIpc) is 3.51. The molecule has 7 rings (SSSR count). The molecular weight excluding hydrogens is 725 g/mol. The van der Waals surface area contributed by atoms with E-state index in [0.29, 0.717) is 43.8 Å². The Balaban J connectivity index is 0.000000426. The van der Waals surface area contributed by atoms with E-state index in [-0.39, 0.29) is 35.8 Å². The van der Waals surface area contributed by atoms with Crippen LogP contribution >= 0.6 is 0 Å². The van der Waals surface area contributed by atoms with E-state index >= 15 is 0 Å². The van der Waals surface area contributed by atoms with Gasteiger partial charge >= 0.3 is 6.09 Å². The molecule has 0 bridgehead atoms. The van der Waals surface area contributed by atoms with Gasteiger partial charge in [-0.1, -0.05) is 73.7 Å². The van der Waals surface area contributed by atoms with Crippen LogP contribution in [0.3, 0.4) is 0 Å². The molecule has 12 heteroatoms. The van der Waals surface area contributed by atoms with Crippen molar-refractivity contribution in [3.05, 3.63) is 131 Å². The third-order valence-electron chi connectivity index (χ3n) is 10.6. The number of allylic oxidation sites excluding steroid dienone is 1. The number of nitrogens with zero attached hydrogens (tertiary/aromatic N) is 2. The van der Waals surface area contributed by atoms with Crippen molar-refractivity contribution in [1.82, 2.24) is 20.4 Å². The number of carbonyl (C=O) groups excluding carboxylic acids is 4. The second kappa shape index (κ2) is 19.1.